The molecular weight excluding hydrogens is 304 g/mol. The third-order valence-electron chi connectivity index (χ3n) is 4.08. The summed E-state index contributed by atoms with van der Waals surface area (Å²) < 4.78 is 0. The summed E-state index contributed by atoms with van der Waals surface area (Å²) in [5, 5.41) is 9.10. The molecule has 0 amide bonds. The van der Waals surface area contributed by atoms with Crippen molar-refractivity contribution in [1.29, 1.82) is 5.41 Å². The predicted molar refractivity (Wildman–Crippen MR) is 93.1 cm³/mol. The average Bonchev–Trinajstić information content (AvgIpc) is 2.98. The molecule has 3 aromatic heterocycles. The Balaban J connectivity index is 1.78. The van der Waals surface area contributed by atoms with Crippen LogP contribution in [0.1, 0.15) is 29.8 Å². The minimum absolute atomic E-state index is 0.655. The summed E-state index contributed by atoms with van der Waals surface area (Å²) in [6, 6.07) is 8.12. The maximum Gasteiger partial charge on any atom is 0.125 e. The van der Waals surface area contributed by atoms with E-state index in [4.69, 9.17) is 10.4 Å². The molecule has 114 valence electrons. The molecule has 0 bridgehead atoms. The highest BCUT2D eigenvalue weighted by Gasteiger charge is 2.18. The normalized spacial score (nSPS) is 13.9. The lowest BCUT2D eigenvalue weighted by atomic mass is 9.94. The number of nitrogens with zero attached hydrogens (tertiary/aromatic N) is 3. The second-order valence-corrected chi connectivity index (χ2v) is 6.71. The van der Waals surface area contributed by atoms with E-state index in [-0.39, 0.29) is 0 Å². The molecule has 0 aromatic carbocycles. The van der Waals surface area contributed by atoms with Gasteiger partial charge in [-0.1, -0.05) is 6.07 Å². The van der Waals surface area contributed by atoms with Crippen molar-refractivity contribution in [2.45, 2.75) is 26.2 Å². The Labute approximate surface area is 138 Å². The molecule has 0 saturated heterocycles. The number of aromatic nitrogens is 3. The highest BCUT2D eigenvalue weighted by atomic mass is 32.1. The van der Waals surface area contributed by atoms with Gasteiger partial charge in [0.15, 0.2) is 0 Å². The number of fused-ring (bicyclic) bond motifs is 1. The van der Waals surface area contributed by atoms with Gasteiger partial charge in [-0.3, -0.25) is 4.98 Å². The Morgan fingerprint density at radius 1 is 1.13 bits per heavy atom. The van der Waals surface area contributed by atoms with Crippen LogP contribution in [0, 0.1) is 12.3 Å². The number of aryl methyl sites for hydroxylation is 2. The standard InChI is InChI=1S/C18H16N4S/c1-11-17(23-18(21-11)13-5-3-9-20-10-13)15-8-7-12-4-2-6-14(19)16(12)22-15/h3,5,7-10,19H,2,4,6H2,1H3. The average molecular weight is 320 g/mol. The summed E-state index contributed by atoms with van der Waals surface area (Å²) in [4.78, 5) is 14.7. The summed E-state index contributed by atoms with van der Waals surface area (Å²) >= 11 is 1.63. The lowest BCUT2D eigenvalue weighted by molar-refractivity contribution is 0.823. The molecule has 0 saturated carbocycles. The third kappa shape index (κ3) is 2.57. The second kappa shape index (κ2) is 5.66. The van der Waals surface area contributed by atoms with E-state index in [0.29, 0.717) is 5.71 Å². The minimum atomic E-state index is 0.655. The highest BCUT2D eigenvalue weighted by molar-refractivity contribution is 7.18. The molecule has 1 aliphatic rings. The molecule has 23 heavy (non-hydrogen) atoms. The monoisotopic (exact) mass is 320 g/mol. The zero-order valence-electron chi connectivity index (χ0n) is 12.8. The zero-order chi connectivity index (χ0) is 15.8. The fraction of sp³-hybridized carbons (Fsp3) is 0.222. The van der Waals surface area contributed by atoms with Crippen molar-refractivity contribution in [3.05, 3.63) is 53.6 Å². The van der Waals surface area contributed by atoms with Gasteiger partial charge in [0, 0.05) is 18.0 Å². The van der Waals surface area contributed by atoms with Crippen molar-refractivity contribution in [2.75, 3.05) is 0 Å². The van der Waals surface area contributed by atoms with E-state index < -0.39 is 0 Å². The van der Waals surface area contributed by atoms with Crippen molar-refractivity contribution < 1.29 is 0 Å². The Morgan fingerprint density at radius 2 is 2.04 bits per heavy atom. The van der Waals surface area contributed by atoms with Gasteiger partial charge in [0.1, 0.15) is 5.01 Å². The molecular formula is C18H16N4S. The third-order valence-corrected chi connectivity index (χ3v) is 5.30. The van der Waals surface area contributed by atoms with Crippen molar-refractivity contribution in [2.24, 2.45) is 0 Å². The number of hydrogen-bond donors (Lipinski definition) is 1. The van der Waals surface area contributed by atoms with Crippen LogP contribution in [0.4, 0.5) is 0 Å². The Hall–Kier alpha value is -2.40. The lowest BCUT2D eigenvalue weighted by Gasteiger charge is -2.16. The molecule has 0 aliphatic heterocycles. The fourth-order valence-corrected chi connectivity index (χ4v) is 3.92. The van der Waals surface area contributed by atoms with Gasteiger partial charge in [-0.15, -0.1) is 11.3 Å². The maximum absolute atomic E-state index is 8.14. The van der Waals surface area contributed by atoms with E-state index >= 15 is 0 Å². The molecule has 1 N–H and O–H groups in total. The van der Waals surface area contributed by atoms with Gasteiger partial charge in [0.2, 0.25) is 0 Å². The number of hydrogen-bond acceptors (Lipinski definition) is 5. The predicted octanol–water partition coefficient (Wildman–Crippen LogP) is 4.28. The summed E-state index contributed by atoms with van der Waals surface area (Å²) in [5.74, 6) is 0. The van der Waals surface area contributed by atoms with Crippen LogP contribution in [0.15, 0.2) is 36.7 Å². The molecule has 0 radical (unpaired) electrons. The van der Waals surface area contributed by atoms with Crippen molar-refractivity contribution >= 4 is 17.0 Å². The van der Waals surface area contributed by atoms with E-state index in [1.54, 1.807) is 17.5 Å². The largest absolute Gasteiger partial charge is 0.303 e. The Kier molecular flexibility index (Phi) is 3.50. The fourth-order valence-electron chi connectivity index (χ4n) is 2.90. The molecule has 4 rings (SSSR count). The van der Waals surface area contributed by atoms with Gasteiger partial charge in [0.05, 0.1) is 27.7 Å². The zero-order valence-corrected chi connectivity index (χ0v) is 13.7. The van der Waals surface area contributed by atoms with Crippen LogP contribution in [-0.4, -0.2) is 20.7 Å². The van der Waals surface area contributed by atoms with Gasteiger partial charge in [0.25, 0.3) is 0 Å². The van der Waals surface area contributed by atoms with Crippen molar-refractivity contribution in [1.82, 2.24) is 15.0 Å². The molecule has 0 unspecified atom stereocenters. The maximum atomic E-state index is 8.14. The van der Waals surface area contributed by atoms with Crippen molar-refractivity contribution in [3.8, 4) is 21.1 Å². The molecule has 1 aliphatic carbocycles. The van der Waals surface area contributed by atoms with Crippen LogP contribution in [0.3, 0.4) is 0 Å². The summed E-state index contributed by atoms with van der Waals surface area (Å²) in [6.45, 7) is 2.01. The smallest absolute Gasteiger partial charge is 0.125 e. The first-order chi connectivity index (χ1) is 11.2. The number of nitrogens with one attached hydrogen (secondary N) is 1. The number of pyridine rings is 2. The second-order valence-electron chi connectivity index (χ2n) is 5.71. The van der Waals surface area contributed by atoms with Gasteiger partial charge in [-0.05, 0) is 49.9 Å². The molecule has 0 atom stereocenters. The van der Waals surface area contributed by atoms with Crippen LogP contribution >= 0.6 is 11.3 Å². The van der Waals surface area contributed by atoms with Gasteiger partial charge in [-0.25, -0.2) is 9.97 Å². The molecule has 0 fully saturated rings. The molecule has 5 heteroatoms. The van der Waals surface area contributed by atoms with E-state index in [2.05, 4.69) is 22.1 Å². The minimum Gasteiger partial charge on any atom is -0.303 e. The Morgan fingerprint density at radius 3 is 2.87 bits per heavy atom. The van der Waals surface area contributed by atoms with Crippen LogP contribution in [0.5, 0.6) is 0 Å². The van der Waals surface area contributed by atoms with Crippen LogP contribution in [0.2, 0.25) is 0 Å². The number of thiazole rings is 1. The number of rotatable bonds is 2. The van der Waals surface area contributed by atoms with E-state index in [1.807, 2.05) is 25.3 Å². The highest BCUT2D eigenvalue weighted by Crippen LogP contribution is 2.35. The summed E-state index contributed by atoms with van der Waals surface area (Å²) in [7, 11) is 0. The van der Waals surface area contributed by atoms with E-state index in [9.17, 15) is 0 Å². The van der Waals surface area contributed by atoms with Crippen molar-refractivity contribution in [3.63, 3.8) is 0 Å². The quantitative estimate of drug-likeness (QED) is 0.766. The molecule has 0 spiro atoms. The first-order valence-electron chi connectivity index (χ1n) is 7.68. The van der Waals surface area contributed by atoms with Crippen LogP contribution in [-0.2, 0) is 6.42 Å². The lowest BCUT2D eigenvalue weighted by Crippen LogP contribution is -2.13. The SMILES string of the molecule is Cc1nc(-c2cccnc2)sc1-c1ccc2c(n1)C(=N)CCC2. The van der Waals surface area contributed by atoms with E-state index in [0.717, 1.165) is 51.8 Å². The summed E-state index contributed by atoms with van der Waals surface area (Å²) in [5.41, 5.74) is 5.63. The first-order valence-corrected chi connectivity index (χ1v) is 8.50. The van der Waals surface area contributed by atoms with E-state index in [1.165, 1.54) is 5.56 Å². The van der Waals surface area contributed by atoms with Gasteiger partial charge < -0.3 is 5.41 Å². The van der Waals surface area contributed by atoms with Gasteiger partial charge in [-0.2, -0.15) is 0 Å². The Bertz CT molecular complexity index is 883. The van der Waals surface area contributed by atoms with Crippen LogP contribution < -0.4 is 0 Å². The molecule has 3 heterocycles. The molecule has 4 nitrogen and oxygen atoms in total. The summed E-state index contributed by atoms with van der Waals surface area (Å²) in [6.07, 6.45) is 6.50. The van der Waals surface area contributed by atoms with Crippen LogP contribution in [0.25, 0.3) is 21.1 Å². The van der Waals surface area contributed by atoms with Gasteiger partial charge >= 0.3 is 0 Å². The first kappa shape index (κ1) is 14.2. The topological polar surface area (TPSA) is 62.5 Å². The molecule has 3 aromatic rings.